The number of hydrogen-bond donors (Lipinski definition) is 2. The minimum absolute atomic E-state index is 0.206. The third kappa shape index (κ3) is 4.53. The van der Waals surface area contributed by atoms with Gasteiger partial charge in [0.05, 0.1) is 6.61 Å². The van der Waals surface area contributed by atoms with Crippen LogP contribution in [0.15, 0.2) is 22.7 Å². The molecule has 0 unspecified atom stereocenters. The number of hydrogen-bond acceptors (Lipinski definition) is 4. The largest absolute Gasteiger partial charge is 0.480 e. The molecule has 0 spiro atoms. The minimum atomic E-state index is -1.07. The molecule has 0 aliphatic heterocycles. The van der Waals surface area contributed by atoms with Crippen LogP contribution in [-0.2, 0) is 9.53 Å². The Labute approximate surface area is 119 Å². The molecule has 0 atom stereocenters. The van der Waals surface area contributed by atoms with E-state index in [-0.39, 0.29) is 19.7 Å². The molecule has 6 nitrogen and oxygen atoms in total. The fraction of sp³-hybridized carbons (Fsp3) is 0.333. The molecule has 0 aliphatic carbocycles. The van der Waals surface area contributed by atoms with E-state index < -0.39 is 11.9 Å². The number of carboxylic acid groups (broad SMARTS) is 1. The van der Waals surface area contributed by atoms with Crippen molar-refractivity contribution in [3.8, 4) is 0 Å². The number of halogens is 1. The Kier molecular flexibility index (Phi) is 5.78. The predicted molar refractivity (Wildman–Crippen MR) is 74.0 cm³/mol. The first kappa shape index (κ1) is 15.5. The Hall–Kier alpha value is -1.60. The van der Waals surface area contributed by atoms with E-state index in [0.29, 0.717) is 15.7 Å². The molecule has 0 saturated heterocycles. The van der Waals surface area contributed by atoms with Crippen LogP contribution in [-0.4, -0.2) is 48.7 Å². The molecule has 3 N–H and O–H groups in total. The van der Waals surface area contributed by atoms with Gasteiger partial charge in [-0.2, -0.15) is 0 Å². The van der Waals surface area contributed by atoms with Crippen molar-refractivity contribution in [2.75, 3.05) is 32.5 Å². The molecule has 0 aliphatic rings. The molecule has 7 heteroatoms. The van der Waals surface area contributed by atoms with Gasteiger partial charge < -0.3 is 20.5 Å². The number of nitrogen functional groups attached to an aromatic ring is 1. The number of anilines is 1. The molecule has 1 aromatic rings. The summed E-state index contributed by atoms with van der Waals surface area (Å²) in [4.78, 5) is 24.2. The van der Waals surface area contributed by atoms with Gasteiger partial charge in [-0.3, -0.25) is 9.59 Å². The van der Waals surface area contributed by atoms with Crippen LogP contribution in [0.5, 0.6) is 0 Å². The predicted octanol–water partition coefficient (Wildman–Crippen LogP) is 1.20. The third-order valence-corrected chi connectivity index (χ3v) is 3.14. The summed E-state index contributed by atoms with van der Waals surface area (Å²) < 4.78 is 5.55. The van der Waals surface area contributed by atoms with Gasteiger partial charge in [0.25, 0.3) is 5.91 Å². The number of nitrogens with zero attached hydrogens (tertiary/aromatic N) is 1. The van der Waals surface area contributed by atoms with Crippen molar-refractivity contribution < 1.29 is 19.4 Å². The normalized spacial score (nSPS) is 10.2. The minimum Gasteiger partial charge on any atom is -0.480 e. The lowest BCUT2D eigenvalue weighted by Gasteiger charge is -2.20. The summed E-state index contributed by atoms with van der Waals surface area (Å²) >= 11 is 3.23. The first-order valence-corrected chi connectivity index (χ1v) is 6.30. The van der Waals surface area contributed by atoms with Crippen molar-refractivity contribution in [3.05, 3.63) is 28.2 Å². The molecular formula is C12H15BrN2O4. The summed E-state index contributed by atoms with van der Waals surface area (Å²) in [7, 11) is 1.49. The average molecular weight is 331 g/mol. The molecular weight excluding hydrogens is 316 g/mol. The number of carbonyl (C=O) groups is 2. The Balaban J connectivity index is 2.90. The Morgan fingerprint density at radius 2 is 2.16 bits per heavy atom. The van der Waals surface area contributed by atoms with Crippen LogP contribution >= 0.6 is 15.9 Å². The summed E-state index contributed by atoms with van der Waals surface area (Å²) in [6.07, 6.45) is 0. The third-order valence-electron chi connectivity index (χ3n) is 2.42. The zero-order valence-corrected chi connectivity index (χ0v) is 12.0. The summed E-state index contributed by atoms with van der Waals surface area (Å²) in [5.41, 5.74) is 6.47. The molecule has 0 heterocycles. The van der Waals surface area contributed by atoms with Crippen LogP contribution in [0.1, 0.15) is 10.4 Å². The highest BCUT2D eigenvalue weighted by atomic mass is 79.9. The number of methoxy groups -OCH3 is 1. The second-order valence-corrected chi connectivity index (χ2v) is 4.70. The van der Waals surface area contributed by atoms with Crippen molar-refractivity contribution >= 4 is 33.5 Å². The highest BCUT2D eigenvalue weighted by molar-refractivity contribution is 9.10. The smallest absolute Gasteiger partial charge is 0.323 e. The molecule has 1 rings (SSSR count). The van der Waals surface area contributed by atoms with Crippen LogP contribution < -0.4 is 5.73 Å². The Bertz CT molecular complexity index is 479. The summed E-state index contributed by atoms with van der Waals surface area (Å²) in [6, 6.07) is 4.75. The average Bonchev–Trinajstić information content (AvgIpc) is 2.36. The van der Waals surface area contributed by atoms with Crippen LogP contribution in [0.25, 0.3) is 0 Å². The van der Waals surface area contributed by atoms with E-state index in [9.17, 15) is 9.59 Å². The molecule has 1 aromatic carbocycles. The van der Waals surface area contributed by atoms with E-state index >= 15 is 0 Å². The number of ether oxygens (including phenoxy) is 1. The van der Waals surface area contributed by atoms with Gasteiger partial charge >= 0.3 is 5.97 Å². The van der Waals surface area contributed by atoms with Crippen molar-refractivity contribution in [2.45, 2.75) is 0 Å². The van der Waals surface area contributed by atoms with Gasteiger partial charge in [-0.25, -0.2) is 0 Å². The van der Waals surface area contributed by atoms with Gasteiger partial charge in [-0.05, 0) is 34.1 Å². The molecule has 104 valence electrons. The zero-order chi connectivity index (χ0) is 14.4. The quantitative estimate of drug-likeness (QED) is 0.764. The SMILES string of the molecule is COCCN(CC(=O)O)C(=O)c1ccc(Br)c(N)c1. The molecule has 0 radical (unpaired) electrons. The maximum absolute atomic E-state index is 12.2. The lowest BCUT2D eigenvalue weighted by atomic mass is 10.1. The topological polar surface area (TPSA) is 92.9 Å². The standard InChI is InChI=1S/C12H15BrN2O4/c1-19-5-4-15(7-11(16)17)12(18)8-2-3-9(13)10(14)6-8/h2-3,6H,4-5,7,14H2,1H3,(H,16,17). The van der Waals surface area contributed by atoms with Crippen molar-refractivity contribution in [1.29, 1.82) is 0 Å². The van der Waals surface area contributed by atoms with Gasteiger partial charge in [-0.15, -0.1) is 0 Å². The maximum atomic E-state index is 12.2. The Morgan fingerprint density at radius 1 is 1.47 bits per heavy atom. The van der Waals surface area contributed by atoms with E-state index in [4.69, 9.17) is 15.6 Å². The number of carboxylic acids is 1. The second kappa shape index (κ2) is 7.10. The molecule has 0 saturated carbocycles. The van der Waals surface area contributed by atoms with Crippen molar-refractivity contribution in [1.82, 2.24) is 4.90 Å². The van der Waals surface area contributed by atoms with Crippen molar-refractivity contribution in [3.63, 3.8) is 0 Å². The van der Waals surface area contributed by atoms with E-state index in [1.54, 1.807) is 12.1 Å². The van der Waals surface area contributed by atoms with Crippen LogP contribution in [0.4, 0.5) is 5.69 Å². The molecule has 0 aromatic heterocycles. The van der Waals surface area contributed by atoms with Crippen LogP contribution in [0.3, 0.4) is 0 Å². The highest BCUT2D eigenvalue weighted by Gasteiger charge is 2.18. The van der Waals surface area contributed by atoms with Crippen molar-refractivity contribution in [2.24, 2.45) is 0 Å². The lowest BCUT2D eigenvalue weighted by Crippen LogP contribution is -2.38. The number of rotatable bonds is 6. The number of nitrogens with two attached hydrogens (primary N) is 1. The van der Waals surface area contributed by atoms with E-state index in [0.717, 1.165) is 0 Å². The Morgan fingerprint density at radius 3 is 2.68 bits per heavy atom. The number of benzene rings is 1. The monoisotopic (exact) mass is 330 g/mol. The van der Waals surface area contributed by atoms with Gasteiger partial charge in [0.15, 0.2) is 0 Å². The molecule has 1 amide bonds. The highest BCUT2D eigenvalue weighted by Crippen LogP contribution is 2.21. The van der Waals surface area contributed by atoms with Crippen LogP contribution in [0.2, 0.25) is 0 Å². The number of carbonyl (C=O) groups excluding carboxylic acids is 1. The van der Waals surface area contributed by atoms with E-state index in [2.05, 4.69) is 15.9 Å². The fourth-order valence-electron chi connectivity index (χ4n) is 1.48. The second-order valence-electron chi connectivity index (χ2n) is 3.85. The maximum Gasteiger partial charge on any atom is 0.323 e. The van der Waals surface area contributed by atoms with Crippen LogP contribution in [0, 0.1) is 0 Å². The molecule has 19 heavy (non-hydrogen) atoms. The fourth-order valence-corrected chi connectivity index (χ4v) is 1.72. The summed E-state index contributed by atoms with van der Waals surface area (Å²) in [6.45, 7) is 0.0980. The molecule has 0 fully saturated rings. The number of amides is 1. The van der Waals surface area contributed by atoms with E-state index in [1.165, 1.54) is 18.1 Å². The molecule has 0 bridgehead atoms. The summed E-state index contributed by atoms with van der Waals surface area (Å²) in [5, 5.41) is 8.81. The first-order chi connectivity index (χ1) is 8.95. The van der Waals surface area contributed by atoms with Gasteiger partial charge in [0, 0.05) is 29.4 Å². The van der Waals surface area contributed by atoms with E-state index in [1.807, 2.05) is 0 Å². The number of aliphatic carboxylic acids is 1. The summed E-state index contributed by atoms with van der Waals surface area (Å²) in [5.74, 6) is -1.46. The van der Waals surface area contributed by atoms with Gasteiger partial charge in [0.2, 0.25) is 0 Å². The van der Waals surface area contributed by atoms with Gasteiger partial charge in [0.1, 0.15) is 6.54 Å². The van der Waals surface area contributed by atoms with Gasteiger partial charge in [-0.1, -0.05) is 0 Å². The zero-order valence-electron chi connectivity index (χ0n) is 10.4. The first-order valence-electron chi connectivity index (χ1n) is 5.50. The lowest BCUT2D eigenvalue weighted by molar-refractivity contribution is -0.137.